The number of nitrogens with zero attached hydrogens (tertiary/aromatic N) is 3. The fourth-order valence-electron chi connectivity index (χ4n) is 4.71. The summed E-state index contributed by atoms with van der Waals surface area (Å²) < 4.78 is 12.1. The molecular weight excluding hydrogens is 450 g/mol. The van der Waals surface area contributed by atoms with E-state index in [0.717, 1.165) is 31.2 Å². The first-order chi connectivity index (χ1) is 16.8. The van der Waals surface area contributed by atoms with Gasteiger partial charge in [0.1, 0.15) is 22.7 Å². The Kier molecular flexibility index (Phi) is 7.00. The third-order valence-electron chi connectivity index (χ3n) is 7.09. The number of ether oxygens (including phenoxy) is 2. The average Bonchev–Trinajstić information content (AvgIpc) is 3.52. The zero-order valence-corrected chi connectivity index (χ0v) is 20.7. The van der Waals surface area contributed by atoms with Gasteiger partial charge in [0.25, 0.3) is 11.8 Å². The third-order valence-corrected chi connectivity index (χ3v) is 7.09. The summed E-state index contributed by atoms with van der Waals surface area (Å²) in [6.45, 7) is 2.28. The molecule has 1 atom stereocenters. The van der Waals surface area contributed by atoms with Crippen molar-refractivity contribution in [2.24, 2.45) is 0 Å². The maximum absolute atomic E-state index is 13.1. The highest BCUT2D eigenvalue weighted by Crippen LogP contribution is 2.28. The monoisotopic (exact) mass is 483 g/mol. The van der Waals surface area contributed by atoms with Gasteiger partial charge < -0.3 is 25.0 Å². The van der Waals surface area contributed by atoms with Crippen LogP contribution in [0.3, 0.4) is 0 Å². The van der Waals surface area contributed by atoms with Gasteiger partial charge in [-0.1, -0.05) is 18.9 Å². The fourth-order valence-corrected chi connectivity index (χ4v) is 4.71. The first-order valence-electron chi connectivity index (χ1n) is 11.9. The first-order valence-corrected chi connectivity index (χ1v) is 11.9. The van der Waals surface area contributed by atoms with E-state index in [9.17, 15) is 14.4 Å². The van der Waals surface area contributed by atoms with Crippen LogP contribution in [0.2, 0.25) is 0 Å². The number of rotatable bonds is 8. The number of fused-ring (bicyclic) bond motifs is 1. The molecule has 0 bridgehead atoms. The van der Waals surface area contributed by atoms with Gasteiger partial charge in [0, 0.05) is 31.8 Å². The molecule has 35 heavy (non-hydrogen) atoms. The number of carbonyl (C=O) groups excluding carboxylic acids is 3. The summed E-state index contributed by atoms with van der Waals surface area (Å²) in [5.41, 5.74) is 0.278. The van der Waals surface area contributed by atoms with E-state index in [1.165, 1.54) is 15.6 Å². The molecule has 1 aromatic heterocycles. The minimum absolute atomic E-state index is 0.142. The molecule has 2 aliphatic rings. The van der Waals surface area contributed by atoms with Crippen LogP contribution in [0.5, 0.6) is 11.5 Å². The summed E-state index contributed by atoms with van der Waals surface area (Å²) in [5, 5.41) is 10.3. The van der Waals surface area contributed by atoms with Gasteiger partial charge >= 0.3 is 0 Å². The summed E-state index contributed by atoms with van der Waals surface area (Å²) in [6.07, 6.45) is 4.67. The van der Waals surface area contributed by atoms with E-state index in [1.807, 2.05) is 12.1 Å². The van der Waals surface area contributed by atoms with Crippen LogP contribution in [-0.4, -0.2) is 71.8 Å². The topological polar surface area (TPSA) is 115 Å². The molecule has 1 fully saturated rings. The number of likely N-dealkylation sites (N-methyl/N-ethyl adjacent to an activating group) is 1. The molecule has 0 spiro atoms. The molecule has 188 valence electrons. The number of hydrogen-bond donors (Lipinski definition) is 2. The van der Waals surface area contributed by atoms with Gasteiger partial charge in [0.15, 0.2) is 5.69 Å². The highest BCUT2D eigenvalue weighted by atomic mass is 16.5. The van der Waals surface area contributed by atoms with E-state index in [1.54, 1.807) is 34.3 Å². The second kappa shape index (κ2) is 9.97. The maximum Gasteiger partial charge on any atom is 0.272 e. The van der Waals surface area contributed by atoms with Crippen molar-refractivity contribution in [3.8, 4) is 11.5 Å². The van der Waals surface area contributed by atoms with Crippen LogP contribution >= 0.6 is 0 Å². The molecule has 10 heteroatoms. The van der Waals surface area contributed by atoms with E-state index in [2.05, 4.69) is 15.7 Å². The smallest absolute Gasteiger partial charge is 0.272 e. The lowest BCUT2D eigenvalue weighted by Crippen LogP contribution is -2.63. The second-order valence-corrected chi connectivity index (χ2v) is 9.35. The number of aromatic nitrogens is 2. The quantitative estimate of drug-likeness (QED) is 0.592. The number of nitrogens with one attached hydrogen (secondary N) is 2. The molecule has 1 saturated carbocycles. The second-order valence-electron chi connectivity index (χ2n) is 9.35. The largest absolute Gasteiger partial charge is 0.497 e. The number of amides is 3. The van der Waals surface area contributed by atoms with Crippen LogP contribution in [0.1, 0.15) is 59.1 Å². The van der Waals surface area contributed by atoms with Gasteiger partial charge in [-0.25, -0.2) is 0 Å². The number of benzene rings is 1. The lowest BCUT2D eigenvalue weighted by atomic mass is 9.95. The van der Waals surface area contributed by atoms with E-state index in [-0.39, 0.29) is 36.0 Å². The van der Waals surface area contributed by atoms with Gasteiger partial charge in [0.05, 0.1) is 20.8 Å². The van der Waals surface area contributed by atoms with E-state index >= 15 is 0 Å². The lowest BCUT2D eigenvalue weighted by Gasteiger charge is -2.41. The van der Waals surface area contributed by atoms with Crippen LogP contribution in [0.15, 0.2) is 24.3 Å². The van der Waals surface area contributed by atoms with Crippen LogP contribution in [0.25, 0.3) is 0 Å². The minimum Gasteiger partial charge on any atom is -0.497 e. The Hall–Kier alpha value is -3.56. The Morgan fingerprint density at radius 2 is 1.91 bits per heavy atom. The minimum atomic E-state index is -1.09. The van der Waals surface area contributed by atoms with Crippen molar-refractivity contribution in [1.82, 2.24) is 25.3 Å². The fraction of sp³-hybridized carbons (Fsp3) is 0.520. The van der Waals surface area contributed by atoms with Crippen molar-refractivity contribution in [1.29, 1.82) is 0 Å². The average molecular weight is 484 g/mol. The van der Waals surface area contributed by atoms with Crippen LogP contribution in [0, 0.1) is 0 Å². The van der Waals surface area contributed by atoms with Gasteiger partial charge in [-0.3, -0.25) is 19.1 Å². The molecule has 4 rings (SSSR count). The molecule has 0 saturated heterocycles. The molecule has 1 aliphatic carbocycles. The van der Waals surface area contributed by atoms with Crippen molar-refractivity contribution < 1.29 is 23.9 Å². The number of carbonyl (C=O) groups is 3. The van der Waals surface area contributed by atoms with E-state index in [4.69, 9.17) is 9.47 Å². The van der Waals surface area contributed by atoms with E-state index in [0.29, 0.717) is 30.2 Å². The van der Waals surface area contributed by atoms with Crippen molar-refractivity contribution in [2.75, 3.05) is 27.8 Å². The summed E-state index contributed by atoms with van der Waals surface area (Å²) in [6, 6.07) is 7.16. The van der Waals surface area contributed by atoms with Crippen molar-refractivity contribution in [3.05, 3.63) is 41.2 Å². The normalized spacial score (nSPS) is 19.9. The van der Waals surface area contributed by atoms with Gasteiger partial charge in [-0.15, -0.1) is 0 Å². The maximum atomic E-state index is 13.1. The molecule has 2 aromatic rings. The molecule has 2 N–H and O–H groups in total. The molecule has 1 aliphatic heterocycles. The molecule has 3 amide bonds. The highest BCUT2D eigenvalue weighted by Gasteiger charge is 2.46. The van der Waals surface area contributed by atoms with Crippen LogP contribution in [0.4, 0.5) is 0 Å². The summed E-state index contributed by atoms with van der Waals surface area (Å²) in [5.74, 6) is 0.458. The zero-order valence-electron chi connectivity index (χ0n) is 20.7. The molecule has 10 nitrogen and oxygen atoms in total. The van der Waals surface area contributed by atoms with Crippen molar-refractivity contribution in [3.63, 3.8) is 0 Å². The SMILES string of the molecule is COc1ccc(CCNC(=O)c2cc3n(n2)CC(C)(C(=O)NC2CCCC2)N(C)C3=O)c(OC)c1. The molecular formula is C25H33N5O5. The van der Waals surface area contributed by atoms with Crippen molar-refractivity contribution in [2.45, 2.75) is 57.2 Å². The molecule has 1 unspecified atom stereocenters. The van der Waals surface area contributed by atoms with E-state index < -0.39 is 5.54 Å². The Labute approximate surface area is 204 Å². The Morgan fingerprint density at radius 3 is 2.60 bits per heavy atom. The standard InChI is InChI=1S/C25H33N5O5/c1-25(24(33)27-17-7-5-6-8-17)15-30-20(23(32)29(25)2)14-19(28-30)22(31)26-12-11-16-9-10-18(34-3)13-21(16)35-4/h9-10,13-14,17H,5-8,11-12,15H2,1-4H3,(H,26,31)(H,27,33). The number of methoxy groups -OCH3 is 2. The van der Waals surface area contributed by atoms with Gasteiger partial charge in [-0.2, -0.15) is 5.10 Å². The van der Waals surface area contributed by atoms with Gasteiger partial charge in [0.2, 0.25) is 5.91 Å². The van der Waals surface area contributed by atoms with Crippen LogP contribution < -0.4 is 20.1 Å². The van der Waals surface area contributed by atoms with Crippen molar-refractivity contribution >= 4 is 17.7 Å². The predicted molar refractivity (Wildman–Crippen MR) is 129 cm³/mol. The Balaban J connectivity index is 1.42. The molecule has 1 aromatic carbocycles. The predicted octanol–water partition coefficient (Wildman–Crippen LogP) is 1.78. The number of hydrogen-bond acceptors (Lipinski definition) is 6. The molecule has 0 radical (unpaired) electrons. The summed E-state index contributed by atoms with van der Waals surface area (Å²) in [4.78, 5) is 40.4. The Bertz CT molecular complexity index is 1120. The highest BCUT2D eigenvalue weighted by molar-refractivity contribution is 6.01. The van der Waals surface area contributed by atoms with Gasteiger partial charge in [-0.05, 0) is 37.8 Å². The zero-order chi connectivity index (χ0) is 25.2. The molecule has 2 heterocycles. The lowest BCUT2D eigenvalue weighted by molar-refractivity contribution is -0.133. The summed E-state index contributed by atoms with van der Waals surface area (Å²) in [7, 11) is 4.80. The summed E-state index contributed by atoms with van der Waals surface area (Å²) >= 11 is 0. The Morgan fingerprint density at radius 1 is 1.17 bits per heavy atom. The first kappa shape index (κ1) is 24.6. The van der Waals surface area contributed by atoms with Crippen LogP contribution in [-0.2, 0) is 17.8 Å². The third kappa shape index (κ3) is 4.82.